The van der Waals surface area contributed by atoms with Gasteiger partial charge in [-0.05, 0) is 61.2 Å². The number of amides is 1. The van der Waals surface area contributed by atoms with E-state index in [0.717, 1.165) is 21.2 Å². The molecule has 0 saturated carbocycles. The van der Waals surface area contributed by atoms with Gasteiger partial charge in [-0.1, -0.05) is 70.5 Å². The molecule has 0 spiro atoms. The molecule has 3 aromatic carbocycles. The number of benzene rings is 3. The second-order valence-electron chi connectivity index (χ2n) is 7.74. The highest BCUT2D eigenvalue weighted by Gasteiger charge is 2.18. The number of hydrogen-bond acceptors (Lipinski definition) is 3. The van der Waals surface area contributed by atoms with Crippen LogP contribution in [0.5, 0.6) is 0 Å². The second-order valence-corrected chi connectivity index (χ2v) is 10.4. The van der Waals surface area contributed by atoms with E-state index in [1.807, 2.05) is 68.4 Å². The van der Waals surface area contributed by atoms with Crippen LogP contribution in [0, 0.1) is 0 Å². The Morgan fingerprint density at radius 2 is 1.44 bits per heavy atom. The third-order valence-electron chi connectivity index (χ3n) is 5.25. The normalized spacial score (nSPS) is 13.3. The average molecular weight is 515 g/mol. The Hall–Kier alpha value is -2.48. The van der Waals surface area contributed by atoms with E-state index in [1.54, 1.807) is 24.3 Å². The van der Waals surface area contributed by atoms with Gasteiger partial charge in [0.25, 0.3) is 0 Å². The summed E-state index contributed by atoms with van der Waals surface area (Å²) >= 11 is 3.41. The smallest absolute Gasteiger partial charge is 0.241 e. The average Bonchev–Trinajstić information content (AvgIpc) is 2.78. The van der Waals surface area contributed by atoms with Crippen molar-refractivity contribution in [3.8, 4) is 0 Å². The lowest BCUT2D eigenvalue weighted by atomic mass is 10.1. The quantitative estimate of drug-likeness (QED) is 0.406. The molecule has 168 valence electrons. The largest absolute Gasteiger partial charge is 0.350 e. The number of carbonyl (C=O) groups is 1. The minimum Gasteiger partial charge on any atom is -0.350 e. The fourth-order valence-electron chi connectivity index (χ4n) is 3.35. The van der Waals surface area contributed by atoms with Crippen LogP contribution in [0.25, 0.3) is 0 Å². The number of hydrogen-bond donors (Lipinski definition) is 2. The third kappa shape index (κ3) is 6.76. The number of aryl methyl sites for hydroxylation is 1. The van der Waals surface area contributed by atoms with Crippen LogP contribution < -0.4 is 10.0 Å². The van der Waals surface area contributed by atoms with Gasteiger partial charge in [0, 0.05) is 16.9 Å². The monoisotopic (exact) mass is 514 g/mol. The molecule has 7 heteroatoms. The first-order chi connectivity index (χ1) is 15.2. The first-order valence-corrected chi connectivity index (χ1v) is 12.7. The summed E-state index contributed by atoms with van der Waals surface area (Å²) in [5.74, 6) is -0.0459. The number of carbonyl (C=O) groups excluding carboxylic acids is 1. The van der Waals surface area contributed by atoms with Gasteiger partial charge in [-0.25, -0.2) is 13.1 Å². The summed E-state index contributed by atoms with van der Waals surface area (Å²) < 4.78 is 29.1. The summed E-state index contributed by atoms with van der Waals surface area (Å²) in [5, 5.41) is 3.00. The van der Waals surface area contributed by atoms with Crippen molar-refractivity contribution in [3.63, 3.8) is 0 Å². The van der Waals surface area contributed by atoms with Crippen molar-refractivity contribution < 1.29 is 13.2 Å². The minimum absolute atomic E-state index is 0.0459. The van der Waals surface area contributed by atoms with E-state index >= 15 is 0 Å². The highest BCUT2D eigenvalue weighted by Crippen LogP contribution is 2.19. The number of nitrogens with one attached hydrogen (secondary N) is 2. The summed E-state index contributed by atoms with van der Waals surface area (Å²) in [5.41, 5.74) is 2.84. The van der Waals surface area contributed by atoms with Crippen molar-refractivity contribution in [2.45, 2.75) is 43.7 Å². The molecule has 2 unspecified atom stereocenters. The molecule has 32 heavy (non-hydrogen) atoms. The molecule has 0 aliphatic rings. The molecule has 1 amide bonds. The lowest BCUT2D eigenvalue weighted by molar-refractivity contribution is -0.121. The predicted molar refractivity (Wildman–Crippen MR) is 131 cm³/mol. The van der Waals surface area contributed by atoms with Crippen molar-refractivity contribution in [1.29, 1.82) is 0 Å². The van der Waals surface area contributed by atoms with Gasteiger partial charge in [0.2, 0.25) is 15.9 Å². The summed E-state index contributed by atoms with van der Waals surface area (Å²) in [6.45, 7) is 3.76. The number of halogens is 1. The summed E-state index contributed by atoms with van der Waals surface area (Å²) in [7, 11) is -3.64. The van der Waals surface area contributed by atoms with Gasteiger partial charge in [0.15, 0.2) is 0 Å². The Kier molecular flexibility index (Phi) is 8.23. The summed E-state index contributed by atoms with van der Waals surface area (Å²) in [6.07, 6.45) is 0.864. The molecular formula is C25H27BrN2O3S. The molecule has 0 radical (unpaired) electrons. The van der Waals surface area contributed by atoms with E-state index in [0.29, 0.717) is 12.8 Å². The topological polar surface area (TPSA) is 75.3 Å². The van der Waals surface area contributed by atoms with Crippen LogP contribution in [0.2, 0.25) is 0 Å². The van der Waals surface area contributed by atoms with Crippen LogP contribution in [0.3, 0.4) is 0 Å². The molecule has 2 atom stereocenters. The van der Waals surface area contributed by atoms with Crippen LogP contribution in [-0.2, 0) is 21.2 Å². The third-order valence-corrected chi connectivity index (χ3v) is 7.34. The molecular weight excluding hydrogens is 488 g/mol. The zero-order valence-corrected chi connectivity index (χ0v) is 20.5. The van der Waals surface area contributed by atoms with E-state index in [-0.39, 0.29) is 22.9 Å². The maximum atomic E-state index is 12.7. The van der Waals surface area contributed by atoms with E-state index in [4.69, 9.17) is 0 Å². The SMILES string of the molecule is CC(NC(=O)CCc1ccc(S(=O)(=O)NC(C)c2ccccc2)cc1)c1ccc(Br)cc1. The fraction of sp³-hybridized carbons (Fsp3) is 0.240. The van der Waals surface area contributed by atoms with E-state index in [1.165, 1.54) is 0 Å². The Bertz CT molecular complexity index is 1130. The van der Waals surface area contributed by atoms with Crippen molar-refractivity contribution in [3.05, 3.63) is 100 Å². The van der Waals surface area contributed by atoms with E-state index in [2.05, 4.69) is 26.0 Å². The van der Waals surface area contributed by atoms with Gasteiger partial charge < -0.3 is 5.32 Å². The predicted octanol–water partition coefficient (Wildman–Crippen LogP) is 5.30. The Morgan fingerprint density at radius 1 is 0.844 bits per heavy atom. The molecule has 3 aromatic rings. The molecule has 0 saturated heterocycles. The minimum atomic E-state index is -3.64. The molecule has 0 heterocycles. The van der Waals surface area contributed by atoms with Gasteiger partial charge in [-0.15, -0.1) is 0 Å². The molecule has 0 fully saturated rings. The number of rotatable bonds is 9. The van der Waals surface area contributed by atoms with Gasteiger partial charge in [-0.2, -0.15) is 0 Å². The second kappa shape index (κ2) is 10.9. The maximum absolute atomic E-state index is 12.7. The molecule has 0 aliphatic carbocycles. The highest BCUT2D eigenvalue weighted by atomic mass is 79.9. The molecule has 5 nitrogen and oxygen atoms in total. The van der Waals surface area contributed by atoms with Crippen molar-refractivity contribution >= 4 is 31.9 Å². The lowest BCUT2D eigenvalue weighted by Crippen LogP contribution is -2.27. The van der Waals surface area contributed by atoms with E-state index in [9.17, 15) is 13.2 Å². The Labute approximate surface area is 198 Å². The molecule has 2 N–H and O–H groups in total. The van der Waals surface area contributed by atoms with Crippen LogP contribution in [0.15, 0.2) is 88.2 Å². The molecule has 0 bridgehead atoms. The van der Waals surface area contributed by atoms with Crippen LogP contribution in [0.1, 0.15) is 49.0 Å². The number of sulfonamides is 1. The Morgan fingerprint density at radius 3 is 2.06 bits per heavy atom. The van der Waals surface area contributed by atoms with Crippen molar-refractivity contribution in [2.24, 2.45) is 0 Å². The first-order valence-electron chi connectivity index (χ1n) is 10.5. The summed E-state index contributed by atoms with van der Waals surface area (Å²) in [4.78, 5) is 12.5. The van der Waals surface area contributed by atoms with Crippen molar-refractivity contribution in [2.75, 3.05) is 0 Å². The van der Waals surface area contributed by atoms with Gasteiger partial charge in [-0.3, -0.25) is 4.79 Å². The maximum Gasteiger partial charge on any atom is 0.241 e. The highest BCUT2D eigenvalue weighted by molar-refractivity contribution is 9.10. The fourth-order valence-corrected chi connectivity index (χ4v) is 4.85. The van der Waals surface area contributed by atoms with Crippen LogP contribution in [-0.4, -0.2) is 14.3 Å². The van der Waals surface area contributed by atoms with E-state index < -0.39 is 10.0 Å². The van der Waals surface area contributed by atoms with Gasteiger partial charge in [0.1, 0.15) is 0 Å². The van der Waals surface area contributed by atoms with Gasteiger partial charge >= 0.3 is 0 Å². The van der Waals surface area contributed by atoms with Crippen molar-refractivity contribution in [1.82, 2.24) is 10.0 Å². The molecule has 0 aromatic heterocycles. The van der Waals surface area contributed by atoms with Crippen LogP contribution >= 0.6 is 15.9 Å². The molecule has 0 aliphatic heterocycles. The van der Waals surface area contributed by atoms with Gasteiger partial charge in [0.05, 0.1) is 10.9 Å². The zero-order valence-electron chi connectivity index (χ0n) is 18.1. The van der Waals surface area contributed by atoms with Crippen LogP contribution in [0.4, 0.5) is 0 Å². The molecule has 3 rings (SSSR count). The first kappa shape index (κ1) is 24.2. The standard InChI is InChI=1S/C25H27BrN2O3S/c1-18(22-11-13-23(26)14-12-22)27-25(29)17-10-20-8-15-24(16-9-20)32(30,31)28-19(2)21-6-4-3-5-7-21/h3-9,11-16,18-19,28H,10,17H2,1-2H3,(H,27,29). The lowest BCUT2D eigenvalue weighted by Gasteiger charge is -2.15. The zero-order chi connectivity index (χ0) is 23.1. The summed E-state index contributed by atoms with van der Waals surface area (Å²) in [6, 6.07) is 23.5. The Balaban J connectivity index is 1.53.